The lowest BCUT2D eigenvalue weighted by atomic mass is 10.1. The number of carbonyl (C=O) groups is 1. The Hall–Kier alpha value is -1.72. The third-order valence-corrected chi connectivity index (χ3v) is 4.75. The van der Waals surface area contributed by atoms with Crippen LogP contribution in [-0.4, -0.2) is 10.9 Å². The van der Waals surface area contributed by atoms with Crippen LogP contribution in [0.2, 0.25) is 0 Å². The number of para-hydroxylation sites is 1. The molecule has 20 heavy (non-hydrogen) atoms. The van der Waals surface area contributed by atoms with Gasteiger partial charge in [-0.15, -0.1) is 0 Å². The highest BCUT2D eigenvalue weighted by Gasteiger charge is 2.10. The topological polar surface area (TPSA) is 42.0 Å². The van der Waals surface area contributed by atoms with Crippen LogP contribution in [0.4, 0.5) is 5.13 Å². The van der Waals surface area contributed by atoms with E-state index in [2.05, 4.69) is 26.2 Å². The Balaban J connectivity index is 1.86. The molecule has 0 aliphatic rings. The highest BCUT2D eigenvalue weighted by Crippen LogP contribution is 2.26. The second-order valence-electron chi connectivity index (χ2n) is 4.40. The number of carbonyl (C=O) groups excluding carboxylic acids is 1. The molecule has 1 N–H and O–H groups in total. The molecule has 0 aliphatic carbocycles. The van der Waals surface area contributed by atoms with Gasteiger partial charge in [-0.25, -0.2) is 4.98 Å². The van der Waals surface area contributed by atoms with Crippen LogP contribution in [0.3, 0.4) is 0 Å². The third kappa shape index (κ3) is 2.59. The van der Waals surface area contributed by atoms with Crippen LogP contribution < -0.4 is 5.32 Å². The summed E-state index contributed by atoms with van der Waals surface area (Å²) in [6.45, 7) is 1.99. The number of aryl methyl sites for hydroxylation is 1. The molecule has 1 amide bonds. The zero-order chi connectivity index (χ0) is 14.1. The number of fused-ring (bicyclic) bond motifs is 1. The van der Waals surface area contributed by atoms with Crippen molar-refractivity contribution in [3.63, 3.8) is 0 Å². The molecule has 0 bridgehead atoms. The van der Waals surface area contributed by atoms with Gasteiger partial charge in [-0.2, -0.15) is 0 Å². The van der Waals surface area contributed by atoms with Crippen molar-refractivity contribution in [3.8, 4) is 0 Å². The number of aromatic nitrogens is 1. The molecule has 5 heteroatoms. The average molecular weight is 347 g/mol. The fourth-order valence-electron chi connectivity index (χ4n) is 1.83. The molecule has 3 aromatic rings. The Labute approximate surface area is 128 Å². The predicted octanol–water partition coefficient (Wildman–Crippen LogP) is 4.62. The number of halogens is 1. The maximum atomic E-state index is 12.2. The van der Waals surface area contributed by atoms with Crippen LogP contribution in [0.1, 0.15) is 15.9 Å². The summed E-state index contributed by atoms with van der Waals surface area (Å²) < 4.78 is 1.99. The number of amides is 1. The monoisotopic (exact) mass is 346 g/mol. The summed E-state index contributed by atoms with van der Waals surface area (Å²) in [6.07, 6.45) is 0. The Morgan fingerprint density at radius 2 is 2.05 bits per heavy atom. The van der Waals surface area contributed by atoms with Gasteiger partial charge in [0.1, 0.15) is 0 Å². The molecule has 0 aliphatic heterocycles. The van der Waals surface area contributed by atoms with Gasteiger partial charge >= 0.3 is 0 Å². The Morgan fingerprint density at radius 3 is 2.80 bits per heavy atom. The van der Waals surface area contributed by atoms with Gasteiger partial charge in [0.05, 0.1) is 10.2 Å². The first-order valence-electron chi connectivity index (χ1n) is 6.06. The van der Waals surface area contributed by atoms with Gasteiger partial charge in [-0.05, 0) is 36.8 Å². The summed E-state index contributed by atoms with van der Waals surface area (Å²) in [6, 6.07) is 13.4. The highest BCUT2D eigenvalue weighted by molar-refractivity contribution is 9.10. The van der Waals surface area contributed by atoms with E-state index >= 15 is 0 Å². The second kappa shape index (κ2) is 5.34. The molecule has 100 valence electrons. The summed E-state index contributed by atoms with van der Waals surface area (Å²) in [5.74, 6) is -0.148. The van der Waals surface area contributed by atoms with Crippen molar-refractivity contribution in [1.82, 2.24) is 4.98 Å². The molecule has 1 aromatic heterocycles. The van der Waals surface area contributed by atoms with Gasteiger partial charge in [0, 0.05) is 10.0 Å². The molecule has 0 fully saturated rings. The largest absolute Gasteiger partial charge is 0.298 e. The van der Waals surface area contributed by atoms with Gasteiger partial charge < -0.3 is 0 Å². The zero-order valence-corrected chi connectivity index (χ0v) is 13.1. The van der Waals surface area contributed by atoms with E-state index in [9.17, 15) is 4.79 Å². The molecular weight excluding hydrogens is 336 g/mol. The van der Waals surface area contributed by atoms with Crippen molar-refractivity contribution < 1.29 is 4.79 Å². The van der Waals surface area contributed by atoms with Crippen molar-refractivity contribution in [3.05, 3.63) is 58.1 Å². The minimum Gasteiger partial charge on any atom is -0.298 e. The maximum Gasteiger partial charge on any atom is 0.257 e. The number of rotatable bonds is 2. The minimum atomic E-state index is -0.148. The zero-order valence-electron chi connectivity index (χ0n) is 10.7. The lowest BCUT2D eigenvalue weighted by Crippen LogP contribution is -2.11. The van der Waals surface area contributed by atoms with Gasteiger partial charge in [-0.3, -0.25) is 10.1 Å². The Bertz CT molecular complexity index is 764. The summed E-state index contributed by atoms with van der Waals surface area (Å²) >= 11 is 4.91. The van der Waals surface area contributed by atoms with E-state index in [4.69, 9.17) is 0 Å². The van der Waals surface area contributed by atoms with E-state index in [1.54, 1.807) is 0 Å². The number of anilines is 1. The number of nitrogens with one attached hydrogen (secondary N) is 1. The van der Waals surface area contributed by atoms with Crippen molar-refractivity contribution >= 4 is 48.5 Å². The smallest absolute Gasteiger partial charge is 0.257 e. The summed E-state index contributed by atoms with van der Waals surface area (Å²) in [5.41, 5.74) is 2.61. The molecule has 0 saturated carbocycles. The quantitative estimate of drug-likeness (QED) is 0.735. The number of benzene rings is 2. The summed E-state index contributed by atoms with van der Waals surface area (Å²) in [5, 5.41) is 3.46. The van der Waals surface area contributed by atoms with E-state index in [1.807, 2.05) is 49.4 Å². The fourth-order valence-corrected chi connectivity index (χ4v) is 3.07. The van der Waals surface area contributed by atoms with Crippen LogP contribution >= 0.6 is 27.3 Å². The van der Waals surface area contributed by atoms with Gasteiger partial charge in [0.25, 0.3) is 5.91 Å². The lowest BCUT2D eigenvalue weighted by Gasteiger charge is -2.03. The highest BCUT2D eigenvalue weighted by atomic mass is 79.9. The van der Waals surface area contributed by atoms with E-state index in [0.29, 0.717) is 10.7 Å². The van der Waals surface area contributed by atoms with Crippen LogP contribution in [0, 0.1) is 6.92 Å². The normalized spacial score (nSPS) is 10.7. The first-order valence-corrected chi connectivity index (χ1v) is 7.67. The number of hydrogen-bond acceptors (Lipinski definition) is 3. The van der Waals surface area contributed by atoms with Crippen molar-refractivity contribution in [2.24, 2.45) is 0 Å². The number of nitrogens with zero attached hydrogens (tertiary/aromatic N) is 1. The van der Waals surface area contributed by atoms with Crippen molar-refractivity contribution in [2.45, 2.75) is 6.92 Å². The van der Waals surface area contributed by atoms with E-state index in [0.717, 1.165) is 20.3 Å². The van der Waals surface area contributed by atoms with Crippen LogP contribution in [0.25, 0.3) is 10.2 Å². The van der Waals surface area contributed by atoms with E-state index in [-0.39, 0.29) is 5.91 Å². The van der Waals surface area contributed by atoms with E-state index in [1.165, 1.54) is 11.3 Å². The molecule has 0 saturated heterocycles. The molecule has 2 aromatic carbocycles. The summed E-state index contributed by atoms with van der Waals surface area (Å²) in [7, 11) is 0. The Morgan fingerprint density at radius 1 is 1.25 bits per heavy atom. The first kappa shape index (κ1) is 13.3. The number of hydrogen-bond donors (Lipinski definition) is 1. The first-order chi connectivity index (χ1) is 9.63. The second-order valence-corrected chi connectivity index (χ2v) is 6.29. The lowest BCUT2D eigenvalue weighted by molar-refractivity contribution is 0.102. The maximum absolute atomic E-state index is 12.2. The Kier molecular flexibility index (Phi) is 3.54. The van der Waals surface area contributed by atoms with Crippen LogP contribution in [0.5, 0.6) is 0 Å². The molecule has 0 radical (unpaired) electrons. The predicted molar refractivity (Wildman–Crippen MR) is 86.5 cm³/mol. The van der Waals surface area contributed by atoms with Gasteiger partial charge in [-0.1, -0.05) is 45.5 Å². The van der Waals surface area contributed by atoms with Crippen molar-refractivity contribution in [1.29, 1.82) is 0 Å². The molecule has 3 nitrogen and oxygen atoms in total. The SMILES string of the molecule is Cc1ccc(C(=O)Nc2nc3ccccc3s2)cc1Br. The van der Waals surface area contributed by atoms with Crippen LogP contribution in [-0.2, 0) is 0 Å². The number of thiazole rings is 1. The van der Waals surface area contributed by atoms with Crippen LogP contribution in [0.15, 0.2) is 46.9 Å². The fraction of sp³-hybridized carbons (Fsp3) is 0.0667. The average Bonchev–Trinajstić information content (AvgIpc) is 2.83. The van der Waals surface area contributed by atoms with Gasteiger partial charge in [0.2, 0.25) is 0 Å². The standard InChI is InChI=1S/C15H11BrN2OS/c1-9-6-7-10(8-11(9)16)14(19)18-15-17-12-4-2-3-5-13(12)20-15/h2-8H,1H3,(H,17,18,19). The molecular formula is C15H11BrN2OS. The molecule has 3 rings (SSSR count). The third-order valence-electron chi connectivity index (χ3n) is 2.95. The van der Waals surface area contributed by atoms with E-state index < -0.39 is 0 Å². The molecule has 0 unspecified atom stereocenters. The summed E-state index contributed by atoms with van der Waals surface area (Å²) in [4.78, 5) is 16.6. The van der Waals surface area contributed by atoms with Gasteiger partial charge in [0.15, 0.2) is 5.13 Å². The minimum absolute atomic E-state index is 0.148. The molecule has 0 spiro atoms. The molecule has 0 atom stereocenters. The van der Waals surface area contributed by atoms with Crippen molar-refractivity contribution in [2.75, 3.05) is 5.32 Å². The molecule has 1 heterocycles.